The molecule has 12 heavy (non-hydrogen) atoms. The van der Waals surface area contributed by atoms with Crippen molar-refractivity contribution in [2.24, 2.45) is 10.8 Å². The van der Waals surface area contributed by atoms with Gasteiger partial charge in [-0.05, 0) is 11.8 Å². The van der Waals surface area contributed by atoms with Crippen molar-refractivity contribution in [3.8, 4) is 0 Å². The summed E-state index contributed by atoms with van der Waals surface area (Å²) in [5, 5.41) is 8.82. The molecule has 1 unspecified atom stereocenters. The molecule has 0 aromatic heterocycles. The van der Waals surface area contributed by atoms with Crippen LogP contribution in [-0.4, -0.2) is 17.5 Å². The third-order valence-electron chi connectivity index (χ3n) is 3.24. The molecular formula is C10H16O2. The molecule has 0 bridgehead atoms. The normalized spacial score (nSPS) is 32.3. The second-order valence-corrected chi connectivity index (χ2v) is 4.24. The zero-order valence-corrected chi connectivity index (χ0v) is 7.92. The van der Waals surface area contributed by atoms with Crippen molar-refractivity contribution in [3.05, 3.63) is 12.2 Å². The first-order chi connectivity index (χ1) is 5.44. The van der Waals surface area contributed by atoms with Gasteiger partial charge in [0.25, 0.3) is 0 Å². The average Bonchev–Trinajstić information content (AvgIpc) is 2.26. The molecule has 1 atom stereocenters. The molecule has 0 spiro atoms. The number of hydrogen-bond donors (Lipinski definition) is 1. The molecule has 0 aromatic carbocycles. The maximum Gasteiger partial charge on any atom is 0.165 e. The van der Waals surface area contributed by atoms with Crippen molar-refractivity contribution >= 4 is 5.78 Å². The fourth-order valence-electron chi connectivity index (χ4n) is 1.68. The molecule has 1 aliphatic rings. The van der Waals surface area contributed by atoms with Crippen molar-refractivity contribution in [2.45, 2.75) is 27.2 Å². The lowest BCUT2D eigenvalue weighted by atomic mass is 9.66. The Hall–Kier alpha value is -0.630. The first kappa shape index (κ1) is 9.46. The Morgan fingerprint density at radius 2 is 2.08 bits per heavy atom. The summed E-state index contributed by atoms with van der Waals surface area (Å²) in [4.78, 5) is 11.5. The maximum absolute atomic E-state index is 11.5. The summed E-state index contributed by atoms with van der Waals surface area (Å²) >= 11 is 0. The van der Waals surface area contributed by atoms with Gasteiger partial charge in [-0.15, -0.1) is 0 Å². The zero-order chi connectivity index (χ0) is 9.41. The third kappa shape index (κ3) is 1.11. The van der Waals surface area contributed by atoms with Crippen LogP contribution in [0.1, 0.15) is 27.2 Å². The molecule has 1 N–H and O–H groups in total. The highest BCUT2D eigenvalue weighted by Crippen LogP contribution is 2.48. The van der Waals surface area contributed by atoms with Gasteiger partial charge in [-0.1, -0.05) is 32.9 Å². The minimum atomic E-state index is -0.401. The van der Waals surface area contributed by atoms with E-state index in [4.69, 9.17) is 5.11 Å². The number of allylic oxidation sites excluding steroid dienone is 2. The number of carbonyl (C=O) groups excluding carboxylic acids is 1. The molecule has 2 nitrogen and oxygen atoms in total. The van der Waals surface area contributed by atoms with Crippen molar-refractivity contribution in [2.75, 3.05) is 6.61 Å². The van der Waals surface area contributed by atoms with Crippen LogP contribution in [0.15, 0.2) is 12.2 Å². The lowest BCUT2D eigenvalue weighted by Crippen LogP contribution is -2.39. The van der Waals surface area contributed by atoms with Gasteiger partial charge in [-0.3, -0.25) is 4.79 Å². The van der Waals surface area contributed by atoms with E-state index in [0.29, 0.717) is 0 Å². The lowest BCUT2D eigenvalue weighted by molar-refractivity contribution is -0.134. The minimum absolute atomic E-state index is 0.0579. The SMILES string of the molecule is CC1(C)C=CCC1(C)C(=O)CO. The Morgan fingerprint density at radius 3 is 2.42 bits per heavy atom. The highest BCUT2D eigenvalue weighted by molar-refractivity contribution is 5.87. The van der Waals surface area contributed by atoms with Crippen molar-refractivity contribution in [1.29, 1.82) is 0 Å². The molecule has 0 aliphatic heterocycles. The number of aliphatic hydroxyl groups excluding tert-OH is 1. The lowest BCUT2D eigenvalue weighted by Gasteiger charge is -2.36. The summed E-state index contributed by atoms with van der Waals surface area (Å²) in [5.74, 6) is -0.0579. The molecule has 68 valence electrons. The summed E-state index contributed by atoms with van der Waals surface area (Å²) in [5.41, 5.74) is -0.519. The Bertz CT molecular complexity index is 228. The number of aliphatic hydroxyl groups is 1. The Balaban J connectivity index is 2.94. The van der Waals surface area contributed by atoms with Gasteiger partial charge in [0, 0.05) is 5.41 Å². The fraction of sp³-hybridized carbons (Fsp3) is 0.700. The minimum Gasteiger partial charge on any atom is -0.389 e. The summed E-state index contributed by atoms with van der Waals surface area (Å²) in [6, 6.07) is 0. The van der Waals surface area contributed by atoms with E-state index in [-0.39, 0.29) is 17.8 Å². The molecule has 0 saturated heterocycles. The predicted octanol–water partition coefficient (Wildman–Crippen LogP) is 1.54. The van der Waals surface area contributed by atoms with Crippen LogP contribution in [-0.2, 0) is 4.79 Å². The van der Waals surface area contributed by atoms with Crippen LogP contribution in [0.3, 0.4) is 0 Å². The topological polar surface area (TPSA) is 37.3 Å². The van der Waals surface area contributed by atoms with Gasteiger partial charge in [0.05, 0.1) is 0 Å². The number of hydrogen-bond acceptors (Lipinski definition) is 2. The first-order valence-electron chi connectivity index (χ1n) is 4.26. The van der Waals surface area contributed by atoms with Gasteiger partial charge in [0.1, 0.15) is 6.61 Å². The molecule has 2 heteroatoms. The van der Waals surface area contributed by atoms with E-state index in [1.165, 1.54) is 0 Å². The fourth-order valence-corrected chi connectivity index (χ4v) is 1.68. The van der Waals surface area contributed by atoms with E-state index < -0.39 is 5.41 Å². The third-order valence-corrected chi connectivity index (χ3v) is 3.24. The van der Waals surface area contributed by atoms with Gasteiger partial charge in [0.2, 0.25) is 0 Å². The second kappa shape index (κ2) is 2.70. The number of Topliss-reactive ketones (excluding diaryl/α,β-unsaturated/α-hetero) is 1. The van der Waals surface area contributed by atoms with E-state index >= 15 is 0 Å². The Labute approximate surface area is 73.3 Å². The van der Waals surface area contributed by atoms with Crippen LogP contribution in [0, 0.1) is 10.8 Å². The molecule has 0 heterocycles. The van der Waals surface area contributed by atoms with Gasteiger partial charge >= 0.3 is 0 Å². The van der Waals surface area contributed by atoms with Crippen LogP contribution >= 0.6 is 0 Å². The molecule has 0 fully saturated rings. The van der Waals surface area contributed by atoms with Crippen LogP contribution in [0.25, 0.3) is 0 Å². The Morgan fingerprint density at radius 1 is 1.50 bits per heavy atom. The number of carbonyl (C=O) groups is 1. The van der Waals surface area contributed by atoms with Crippen LogP contribution in [0.4, 0.5) is 0 Å². The van der Waals surface area contributed by atoms with Crippen molar-refractivity contribution < 1.29 is 9.90 Å². The zero-order valence-electron chi connectivity index (χ0n) is 7.92. The van der Waals surface area contributed by atoms with E-state index in [1.54, 1.807) is 0 Å². The number of rotatable bonds is 2. The van der Waals surface area contributed by atoms with Crippen LogP contribution < -0.4 is 0 Å². The highest BCUT2D eigenvalue weighted by atomic mass is 16.3. The monoisotopic (exact) mass is 168 g/mol. The van der Waals surface area contributed by atoms with E-state index in [9.17, 15) is 4.79 Å². The van der Waals surface area contributed by atoms with Gasteiger partial charge < -0.3 is 5.11 Å². The van der Waals surface area contributed by atoms with Gasteiger partial charge in [-0.25, -0.2) is 0 Å². The molecular weight excluding hydrogens is 152 g/mol. The van der Waals surface area contributed by atoms with E-state index in [1.807, 2.05) is 26.8 Å². The standard InChI is InChI=1S/C10H16O2/c1-9(2)5-4-6-10(9,3)8(12)7-11/h4-5,11H,6-7H2,1-3H3. The smallest absolute Gasteiger partial charge is 0.165 e. The predicted molar refractivity (Wildman–Crippen MR) is 47.7 cm³/mol. The van der Waals surface area contributed by atoms with E-state index in [2.05, 4.69) is 6.08 Å². The van der Waals surface area contributed by atoms with Crippen LogP contribution in [0.5, 0.6) is 0 Å². The first-order valence-corrected chi connectivity index (χ1v) is 4.26. The maximum atomic E-state index is 11.5. The molecule has 0 amide bonds. The largest absolute Gasteiger partial charge is 0.389 e. The number of ketones is 1. The summed E-state index contributed by atoms with van der Waals surface area (Å²) < 4.78 is 0. The summed E-state index contributed by atoms with van der Waals surface area (Å²) in [7, 11) is 0. The van der Waals surface area contributed by atoms with E-state index in [0.717, 1.165) is 6.42 Å². The quantitative estimate of drug-likeness (QED) is 0.635. The molecule has 0 aromatic rings. The second-order valence-electron chi connectivity index (χ2n) is 4.24. The van der Waals surface area contributed by atoms with Crippen molar-refractivity contribution in [3.63, 3.8) is 0 Å². The summed E-state index contributed by atoms with van der Waals surface area (Å²) in [6.07, 6.45) is 4.83. The molecule has 0 saturated carbocycles. The average molecular weight is 168 g/mol. The highest BCUT2D eigenvalue weighted by Gasteiger charge is 2.46. The van der Waals surface area contributed by atoms with Crippen molar-refractivity contribution in [1.82, 2.24) is 0 Å². The molecule has 1 rings (SSSR count). The molecule has 1 aliphatic carbocycles. The summed E-state index contributed by atoms with van der Waals surface area (Å²) in [6.45, 7) is 5.64. The Kier molecular flexibility index (Phi) is 2.13. The van der Waals surface area contributed by atoms with Gasteiger partial charge in [0.15, 0.2) is 5.78 Å². The van der Waals surface area contributed by atoms with Gasteiger partial charge in [-0.2, -0.15) is 0 Å². The van der Waals surface area contributed by atoms with Crippen LogP contribution in [0.2, 0.25) is 0 Å². The molecule has 0 radical (unpaired) electrons.